The van der Waals surface area contributed by atoms with Gasteiger partial charge >= 0.3 is 13.7 Å². The molecule has 3 aromatic rings. The number of hydrogen-bond donors (Lipinski definition) is 4. The van der Waals surface area contributed by atoms with E-state index in [2.05, 4.69) is 32.7 Å². The number of anilines is 1. The number of para-hydroxylation sites is 1. The van der Waals surface area contributed by atoms with Gasteiger partial charge in [-0.1, -0.05) is 24.8 Å². The van der Waals surface area contributed by atoms with Crippen molar-refractivity contribution in [1.29, 1.82) is 5.26 Å². The van der Waals surface area contributed by atoms with Crippen molar-refractivity contribution in [3.63, 3.8) is 0 Å². The van der Waals surface area contributed by atoms with Crippen molar-refractivity contribution < 1.29 is 28.3 Å². The minimum Gasteiger partial charge on any atom is -0.462 e. The van der Waals surface area contributed by atoms with Crippen LogP contribution in [0.15, 0.2) is 53.6 Å². The summed E-state index contributed by atoms with van der Waals surface area (Å²) < 4.78 is 32.0. The maximum absolute atomic E-state index is 13.9. The highest BCUT2D eigenvalue weighted by molar-refractivity contribution is 7.52. The Labute approximate surface area is 229 Å². The molecule has 1 fully saturated rings. The summed E-state index contributed by atoms with van der Waals surface area (Å²) in [5.41, 5.74) is 3.79. The highest BCUT2D eigenvalue weighted by Gasteiger charge is 2.53. The number of fused-ring (bicyclic) bond motifs is 1. The Morgan fingerprint density at radius 3 is 2.75 bits per heavy atom. The number of rotatable bonds is 10. The fraction of sp³-hybridized carbons (Fsp3) is 0.400. The average molecular weight is 572 g/mol. The van der Waals surface area contributed by atoms with Gasteiger partial charge in [0.2, 0.25) is 5.95 Å². The predicted octanol–water partition coefficient (Wildman–Crippen LogP) is 2.21. The summed E-state index contributed by atoms with van der Waals surface area (Å²) in [6.45, 7) is 8.21. The largest absolute Gasteiger partial charge is 0.462 e. The van der Waals surface area contributed by atoms with Crippen molar-refractivity contribution in [2.45, 2.75) is 51.5 Å². The number of ether oxygens (including phenoxy) is 1. The molecule has 1 aromatic carbocycles. The zero-order valence-electron chi connectivity index (χ0n) is 22.1. The summed E-state index contributed by atoms with van der Waals surface area (Å²) in [4.78, 5) is 35.2. The lowest BCUT2D eigenvalue weighted by Gasteiger charge is -2.30. The van der Waals surface area contributed by atoms with E-state index in [1.807, 2.05) is 0 Å². The number of benzene rings is 1. The third-order valence-electron chi connectivity index (χ3n) is 6.46. The molecular formula is C25H30N7O7P. The number of H-pyrrole nitrogens is 1. The second-order valence-electron chi connectivity index (χ2n) is 9.66. The first-order valence-electron chi connectivity index (χ1n) is 12.4. The fourth-order valence-electron chi connectivity index (χ4n) is 4.41. The molecule has 1 saturated carbocycles. The number of carbonyl (C=O) groups is 1. The molecule has 1 aliphatic carbocycles. The number of carbonyl (C=O) groups excluding carboxylic acids is 1. The zero-order valence-corrected chi connectivity index (χ0v) is 23.0. The highest BCUT2D eigenvalue weighted by atomic mass is 31.2. The minimum atomic E-state index is -4.34. The predicted molar refractivity (Wildman–Crippen MR) is 144 cm³/mol. The van der Waals surface area contributed by atoms with Gasteiger partial charge in [-0.15, -0.1) is 0 Å². The van der Waals surface area contributed by atoms with Crippen LogP contribution in [-0.2, 0) is 18.6 Å². The zero-order chi connectivity index (χ0) is 29.2. The molecule has 5 N–H and O–H groups in total. The van der Waals surface area contributed by atoms with Crippen LogP contribution in [0, 0.1) is 16.7 Å². The van der Waals surface area contributed by atoms with Gasteiger partial charge in [0.15, 0.2) is 11.2 Å². The smallest absolute Gasteiger partial charge is 0.459 e. The van der Waals surface area contributed by atoms with Crippen LogP contribution in [0.25, 0.3) is 11.2 Å². The van der Waals surface area contributed by atoms with Crippen LogP contribution in [0.5, 0.6) is 5.75 Å². The van der Waals surface area contributed by atoms with Crippen LogP contribution in [0.3, 0.4) is 0 Å². The molecule has 0 aliphatic heterocycles. The van der Waals surface area contributed by atoms with Crippen LogP contribution >= 0.6 is 7.75 Å². The molecule has 0 spiro atoms. The molecule has 1 aliphatic rings. The van der Waals surface area contributed by atoms with E-state index in [0.29, 0.717) is 0 Å². The summed E-state index contributed by atoms with van der Waals surface area (Å²) in [5.74, 6) is -0.644. The van der Waals surface area contributed by atoms with E-state index in [-0.39, 0.29) is 34.9 Å². The number of aliphatic hydroxyl groups is 1. The first-order valence-corrected chi connectivity index (χ1v) is 13.9. The highest BCUT2D eigenvalue weighted by Crippen LogP contribution is 2.53. The summed E-state index contributed by atoms with van der Waals surface area (Å²) in [6, 6.07) is 8.35. The van der Waals surface area contributed by atoms with Crippen molar-refractivity contribution in [2.75, 3.05) is 12.3 Å². The topological polar surface area (TPSA) is 207 Å². The van der Waals surface area contributed by atoms with Gasteiger partial charge in [-0.25, -0.2) is 9.55 Å². The number of aromatic nitrogens is 4. The van der Waals surface area contributed by atoms with E-state index in [1.165, 1.54) is 17.8 Å². The Morgan fingerprint density at radius 2 is 2.10 bits per heavy atom. The summed E-state index contributed by atoms with van der Waals surface area (Å²) >= 11 is 0. The number of hydrogen-bond acceptors (Lipinski definition) is 11. The van der Waals surface area contributed by atoms with Gasteiger partial charge in [0.1, 0.15) is 17.2 Å². The average Bonchev–Trinajstić information content (AvgIpc) is 3.41. The molecule has 15 heteroatoms. The van der Waals surface area contributed by atoms with Crippen LogP contribution in [0.4, 0.5) is 5.95 Å². The molecule has 0 amide bonds. The number of nitrogens with one attached hydrogen (secondary N) is 2. The second kappa shape index (κ2) is 11.2. The monoisotopic (exact) mass is 571 g/mol. The van der Waals surface area contributed by atoms with Crippen molar-refractivity contribution in [3.8, 4) is 11.8 Å². The van der Waals surface area contributed by atoms with Gasteiger partial charge in [-0.05, 0) is 44.9 Å². The maximum Gasteiger partial charge on any atom is 0.459 e. The lowest BCUT2D eigenvalue weighted by atomic mass is 9.83. The molecule has 4 rings (SSSR count). The summed E-state index contributed by atoms with van der Waals surface area (Å²) in [6.07, 6.45) is -0.400. The van der Waals surface area contributed by atoms with Crippen LogP contribution in [0.2, 0.25) is 0 Å². The molecule has 0 saturated heterocycles. The molecule has 2 aromatic heterocycles. The number of esters is 1. The minimum absolute atomic E-state index is 0.00993. The number of nitriles is 1. The molecule has 0 radical (unpaired) electrons. The van der Waals surface area contributed by atoms with Gasteiger partial charge in [-0.2, -0.15) is 15.3 Å². The van der Waals surface area contributed by atoms with Crippen molar-refractivity contribution >= 4 is 30.8 Å². The van der Waals surface area contributed by atoms with Crippen molar-refractivity contribution in [2.24, 2.45) is 5.41 Å². The van der Waals surface area contributed by atoms with Crippen LogP contribution in [0.1, 0.15) is 33.2 Å². The molecule has 14 nitrogen and oxygen atoms in total. The van der Waals surface area contributed by atoms with Crippen molar-refractivity contribution in [3.05, 3.63) is 59.2 Å². The number of nitrogens with zero attached hydrogens (tertiary/aromatic N) is 4. The molecule has 0 bridgehead atoms. The van der Waals surface area contributed by atoms with Gasteiger partial charge in [-0.3, -0.25) is 19.1 Å². The van der Waals surface area contributed by atoms with E-state index in [9.17, 15) is 24.5 Å². The molecule has 212 valence electrons. The van der Waals surface area contributed by atoms with Gasteiger partial charge in [0.05, 0.1) is 37.3 Å². The van der Waals surface area contributed by atoms with Gasteiger partial charge in [0, 0.05) is 0 Å². The first kappa shape index (κ1) is 29.0. The Hall–Kier alpha value is -4.02. The number of aliphatic hydroxyl groups excluding tert-OH is 1. The van der Waals surface area contributed by atoms with Crippen LogP contribution in [-0.4, -0.2) is 55.5 Å². The Bertz CT molecular complexity index is 1560. The summed E-state index contributed by atoms with van der Waals surface area (Å²) in [5, 5.41) is 23.9. The van der Waals surface area contributed by atoms with E-state index in [0.717, 1.165) is 0 Å². The number of nitrogen functional groups attached to an aromatic ring is 1. The summed E-state index contributed by atoms with van der Waals surface area (Å²) in [7, 11) is -4.34. The molecular weight excluding hydrogens is 541 g/mol. The molecule has 2 heterocycles. The van der Waals surface area contributed by atoms with Gasteiger partial charge in [0.25, 0.3) is 5.56 Å². The lowest BCUT2D eigenvalue weighted by molar-refractivity contribution is -0.149. The molecule has 5 atom stereocenters. The third kappa shape index (κ3) is 5.64. The molecule has 40 heavy (non-hydrogen) atoms. The van der Waals surface area contributed by atoms with E-state index in [1.54, 1.807) is 44.2 Å². The lowest BCUT2D eigenvalue weighted by Crippen LogP contribution is -2.39. The second-order valence-corrected chi connectivity index (χ2v) is 11.4. The van der Waals surface area contributed by atoms with E-state index < -0.39 is 55.6 Å². The number of aromatic amines is 1. The maximum atomic E-state index is 13.9. The van der Waals surface area contributed by atoms with Gasteiger partial charge < -0.3 is 24.7 Å². The quantitative estimate of drug-likeness (QED) is 0.157. The Kier molecular flexibility index (Phi) is 8.13. The van der Waals surface area contributed by atoms with E-state index in [4.69, 9.17) is 19.5 Å². The Balaban J connectivity index is 1.62. The normalized spacial score (nSPS) is 23.1. The third-order valence-corrected chi connectivity index (χ3v) is 8.09. The molecule has 0 unspecified atom stereocenters. The van der Waals surface area contributed by atoms with Crippen LogP contribution < -0.4 is 20.9 Å². The number of imidazole rings is 1. The number of nitrogens with two attached hydrogens (primary N) is 1. The SMILES string of the molecule is C=C1[C@@H](n2cnc3c(=O)[nH]c(N)nc32)C[C@H](O)[C@@]1(C#N)CO[P@@](=O)(N[C@H](C)C(=O)OC(C)C)Oc1ccccc1. The fourth-order valence-corrected chi connectivity index (χ4v) is 5.94. The van der Waals surface area contributed by atoms with E-state index >= 15 is 0 Å². The standard InChI is InChI=1S/C25H30N7O7P/c1-14(2)38-23(35)16(4)31-40(36,39-17-8-6-5-7-9-17)37-12-25(11-26)15(3)18(10-19(25)33)32-13-28-20-21(32)29-24(27)30-22(20)34/h5-9,13-14,16,18-19,33H,3,10,12H2,1-2,4H3,(H,31,36)(H3,27,29,30,34)/t16-,18+,19+,25+,40+/m1/s1. The first-order chi connectivity index (χ1) is 18.9. The van der Waals surface area contributed by atoms with Crippen molar-refractivity contribution in [1.82, 2.24) is 24.6 Å². The Morgan fingerprint density at radius 1 is 1.40 bits per heavy atom.